The fourth-order valence-electron chi connectivity index (χ4n) is 1.16. The number of benzene rings is 1. The minimum Gasteiger partial charge on any atom is -0.395 e. The van der Waals surface area contributed by atoms with Gasteiger partial charge in [0.05, 0.1) is 15.2 Å². The molecule has 1 unspecified atom stereocenters. The lowest BCUT2D eigenvalue weighted by Crippen LogP contribution is -2.36. The summed E-state index contributed by atoms with van der Waals surface area (Å²) in [6.45, 7) is -0.979. The minimum absolute atomic E-state index is 0.0248. The number of nitrogen functional groups attached to an aromatic ring is 1. The van der Waals surface area contributed by atoms with Crippen molar-refractivity contribution in [1.29, 1.82) is 0 Å². The normalized spacial score (nSPS) is 13.8. The van der Waals surface area contributed by atoms with Crippen LogP contribution >= 0.6 is 27.5 Å². The number of sulfonamides is 1. The molecule has 1 aromatic carbocycles. The van der Waals surface area contributed by atoms with Gasteiger partial charge in [-0.3, -0.25) is 0 Å². The molecule has 0 aliphatic heterocycles. The van der Waals surface area contributed by atoms with Gasteiger partial charge in [0.2, 0.25) is 10.0 Å². The number of alkyl halides is 2. The first-order valence-corrected chi connectivity index (χ1v) is 7.62. The van der Waals surface area contributed by atoms with E-state index in [1.165, 1.54) is 0 Å². The van der Waals surface area contributed by atoms with E-state index in [4.69, 9.17) is 22.4 Å². The fourth-order valence-corrected chi connectivity index (χ4v) is 2.89. The molecule has 4 N–H and O–H groups in total. The lowest BCUT2D eigenvalue weighted by atomic mass is 10.3. The summed E-state index contributed by atoms with van der Waals surface area (Å²) in [5, 5.41) is 8.66. The van der Waals surface area contributed by atoms with Gasteiger partial charge in [-0.05, 0) is 22.0 Å². The van der Waals surface area contributed by atoms with Crippen LogP contribution in [0.3, 0.4) is 0 Å². The molecule has 114 valence electrons. The molecule has 0 radical (unpaired) electrons. The Bertz CT molecular complexity index is 615. The van der Waals surface area contributed by atoms with E-state index in [-0.39, 0.29) is 9.50 Å². The van der Waals surface area contributed by atoms with Crippen LogP contribution in [0, 0.1) is 5.82 Å². The Hall–Kier alpha value is -0.550. The van der Waals surface area contributed by atoms with Crippen LogP contribution in [0.25, 0.3) is 0 Å². The van der Waals surface area contributed by atoms with Crippen LogP contribution in [0.15, 0.2) is 15.4 Å². The van der Waals surface area contributed by atoms with Gasteiger partial charge in [-0.25, -0.2) is 26.3 Å². The maximum atomic E-state index is 13.8. The molecule has 5 nitrogen and oxygen atoms in total. The number of hydrogen-bond donors (Lipinski definition) is 3. The Morgan fingerprint density at radius 1 is 1.50 bits per heavy atom. The van der Waals surface area contributed by atoms with Crippen molar-refractivity contribution in [3.05, 3.63) is 21.4 Å². The van der Waals surface area contributed by atoms with Crippen molar-refractivity contribution < 1.29 is 26.7 Å². The van der Waals surface area contributed by atoms with Crippen molar-refractivity contribution in [2.45, 2.75) is 17.4 Å². The monoisotopic (exact) mass is 396 g/mol. The lowest BCUT2D eigenvalue weighted by Gasteiger charge is -2.13. The molecule has 1 aromatic rings. The quantitative estimate of drug-likeness (QED) is 0.521. The molecule has 0 aliphatic carbocycles. The second kappa shape index (κ2) is 6.48. The number of halogens is 5. The maximum Gasteiger partial charge on any atom is 0.265 e. The minimum atomic E-state index is -4.48. The number of aliphatic hydroxyl groups is 1. The second-order valence-corrected chi connectivity index (χ2v) is 6.59. The molecule has 0 amide bonds. The number of anilines is 1. The van der Waals surface area contributed by atoms with Crippen molar-refractivity contribution >= 4 is 43.2 Å². The van der Waals surface area contributed by atoms with E-state index in [2.05, 4.69) is 15.9 Å². The Labute approximate surface area is 126 Å². The molecule has 0 saturated heterocycles. The van der Waals surface area contributed by atoms with Gasteiger partial charge in [0.15, 0.2) is 5.82 Å². The molecule has 0 aromatic heterocycles. The van der Waals surface area contributed by atoms with Crippen molar-refractivity contribution in [2.24, 2.45) is 0 Å². The zero-order valence-corrected chi connectivity index (χ0v) is 12.7. The van der Waals surface area contributed by atoms with Gasteiger partial charge in [0, 0.05) is 6.54 Å². The predicted molar refractivity (Wildman–Crippen MR) is 70.7 cm³/mol. The summed E-state index contributed by atoms with van der Waals surface area (Å²) in [7, 11) is -4.48. The van der Waals surface area contributed by atoms with Crippen LogP contribution in [0.4, 0.5) is 18.9 Å². The molecule has 11 heteroatoms. The zero-order chi connectivity index (χ0) is 15.7. The van der Waals surface area contributed by atoms with Crippen molar-refractivity contribution in [1.82, 2.24) is 4.72 Å². The fraction of sp³-hybridized carbons (Fsp3) is 0.333. The molecule has 20 heavy (non-hydrogen) atoms. The molecular formula is C9H9BrClF3N2O3S. The highest BCUT2D eigenvalue weighted by Crippen LogP contribution is 2.34. The standard InChI is InChI=1S/C9H9BrClF3N2O3S/c10-6-3(11)1-5(7(12)8(6)15)20(18,19)16-2-4(17)9(13)14/h1,4,9,16-17H,2,15H2. The van der Waals surface area contributed by atoms with Crippen molar-refractivity contribution in [3.63, 3.8) is 0 Å². The first kappa shape index (κ1) is 17.5. The van der Waals surface area contributed by atoms with Gasteiger partial charge in [-0.2, -0.15) is 0 Å². The third-order valence-electron chi connectivity index (χ3n) is 2.22. The largest absolute Gasteiger partial charge is 0.395 e. The molecule has 1 rings (SSSR count). The van der Waals surface area contributed by atoms with Gasteiger partial charge < -0.3 is 10.8 Å². The van der Waals surface area contributed by atoms with Gasteiger partial charge in [0.25, 0.3) is 6.43 Å². The van der Waals surface area contributed by atoms with E-state index in [1.54, 1.807) is 4.72 Å². The summed E-state index contributed by atoms with van der Waals surface area (Å²) < 4.78 is 63.0. The molecule has 0 aliphatic rings. The van der Waals surface area contributed by atoms with Crippen molar-refractivity contribution in [3.8, 4) is 0 Å². The molecule has 0 saturated carbocycles. The highest BCUT2D eigenvalue weighted by Gasteiger charge is 2.26. The smallest absolute Gasteiger partial charge is 0.265 e. The van der Waals surface area contributed by atoms with Crippen LogP contribution in [-0.4, -0.2) is 32.6 Å². The van der Waals surface area contributed by atoms with E-state index < -0.39 is 45.5 Å². The summed E-state index contributed by atoms with van der Waals surface area (Å²) in [5.41, 5.74) is 4.78. The summed E-state index contributed by atoms with van der Waals surface area (Å²) in [4.78, 5) is -0.898. The maximum absolute atomic E-state index is 13.8. The van der Waals surface area contributed by atoms with Crippen LogP contribution in [0.5, 0.6) is 0 Å². The summed E-state index contributed by atoms with van der Waals surface area (Å²) in [6.07, 6.45) is -5.35. The molecule has 0 heterocycles. The zero-order valence-electron chi connectivity index (χ0n) is 9.58. The van der Waals surface area contributed by atoms with E-state index in [9.17, 15) is 21.6 Å². The lowest BCUT2D eigenvalue weighted by molar-refractivity contribution is -0.000456. The van der Waals surface area contributed by atoms with Crippen LogP contribution in [0.1, 0.15) is 0 Å². The average molecular weight is 398 g/mol. The summed E-state index contributed by atoms with van der Waals surface area (Å²) in [5.74, 6) is -1.28. The average Bonchev–Trinajstić information content (AvgIpc) is 2.37. The molecule has 0 bridgehead atoms. The van der Waals surface area contributed by atoms with E-state index in [0.717, 1.165) is 6.07 Å². The van der Waals surface area contributed by atoms with Gasteiger partial charge in [-0.15, -0.1) is 0 Å². The molecule has 1 atom stereocenters. The Morgan fingerprint density at radius 2 is 2.05 bits per heavy atom. The Kier molecular flexibility index (Phi) is 5.67. The van der Waals surface area contributed by atoms with Gasteiger partial charge in [0.1, 0.15) is 11.0 Å². The van der Waals surface area contributed by atoms with E-state index in [1.807, 2.05) is 0 Å². The first-order chi connectivity index (χ1) is 9.08. The van der Waals surface area contributed by atoms with Crippen LogP contribution in [0.2, 0.25) is 5.02 Å². The highest BCUT2D eigenvalue weighted by molar-refractivity contribution is 9.10. The van der Waals surface area contributed by atoms with Crippen molar-refractivity contribution in [2.75, 3.05) is 12.3 Å². The third kappa shape index (κ3) is 3.76. The number of rotatable bonds is 5. The first-order valence-electron chi connectivity index (χ1n) is 4.96. The summed E-state index contributed by atoms with van der Waals surface area (Å²) >= 11 is 8.52. The van der Waals surface area contributed by atoms with Crippen LogP contribution in [-0.2, 0) is 10.0 Å². The number of hydrogen-bond acceptors (Lipinski definition) is 4. The third-order valence-corrected chi connectivity index (χ3v) is 5.02. The number of nitrogens with two attached hydrogens (primary N) is 1. The number of aliphatic hydroxyl groups excluding tert-OH is 1. The second-order valence-electron chi connectivity index (χ2n) is 3.65. The summed E-state index contributed by atoms with van der Waals surface area (Å²) in [6, 6.07) is 0.772. The van der Waals surface area contributed by atoms with Gasteiger partial charge in [-0.1, -0.05) is 11.6 Å². The SMILES string of the molecule is Nc1c(F)c(S(=O)(=O)NCC(O)C(F)F)cc(Cl)c1Br. The van der Waals surface area contributed by atoms with E-state index in [0.29, 0.717) is 0 Å². The molecule has 0 spiro atoms. The van der Waals surface area contributed by atoms with E-state index >= 15 is 0 Å². The number of nitrogens with one attached hydrogen (secondary N) is 1. The highest BCUT2D eigenvalue weighted by atomic mass is 79.9. The Morgan fingerprint density at radius 3 is 2.55 bits per heavy atom. The predicted octanol–water partition coefficient (Wildman–Crippen LogP) is 1.73. The van der Waals surface area contributed by atoms with Crippen LogP contribution < -0.4 is 10.5 Å². The molecular weight excluding hydrogens is 389 g/mol. The molecule has 0 fully saturated rings. The topological polar surface area (TPSA) is 92.4 Å². The van der Waals surface area contributed by atoms with Gasteiger partial charge >= 0.3 is 0 Å². The Balaban J connectivity index is 3.11.